The molecule has 1 heterocycles. The van der Waals surface area contributed by atoms with E-state index in [9.17, 15) is 0 Å². The zero-order chi connectivity index (χ0) is 10.5. The standard InChI is InChI=1S/C13H20N2/c1-11-4-6-12(7-5-11)9-14-10-13-3-2-8-15-13/h4-7,13-15H,2-3,8-10H2,1H3/t13-/m1/s1. The molecular weight excluding hydrogens is 184 g/mol. The number of hydrogen-bond acceptors (Lipinski definition) is 2. The van der Waals surface area contributed by atoms with Gasteiger partial charge in [-0.15, -0.1) is 0 Å². The minimum Gasteiger partial charge on any atom is -0.313 e. The first-order valence-corrected chi connectivity index (χ1v) is 5.84. The Morgan fingerprint density at radius 2 is 2.13 bits per heavy atom. The Balaban J connectivity index is 1.71. The van der Waals surface area contributed by atoms with Gasteiger partial charge in [0.2, 0.25) is 0 Å². The van der Waals surface area contributed by atoms with Crippen molar-refractivity contribution in [2.45, 2.75) is 32.4 Å². The smallest absolute Gasteiger partial charge is 0.0206 e. The lowest BCUT2D eigenvalue weighted by atomic mass is 10.1. The van der Waals surface area contributed by atoms with Gasteiger partial charge < -0.3 is 10.6 Å². The lowest BCUT2D eigenvalue weighted by Gasteiger charge is -2.11. The van der Waals surface area contributed by atoms with Gasteiger partial charge in [0.1, 0.15) is 0 Å². The van der Waals surface area contributed by atoms with Crippen molar-refractivity contribution < 1.29 is 0 Å². The second-order valence-corrected chi connectivity index (χ2v) is 4.41. The van der Waals surface area contributed by atoms with Crippen LogP contribution in [-0.4, -0.2) is 19.1 Å². The van der Waals surface area contributed by atoms with Crippen LogP contribution in [0.2, 0.25) is 0 Å². The molecule has 0 amide bonds. The summed E-state index contributed by atoms with van der Waals surface area (Å²) < 4.78 is 0. The lowest BCUT2D eigenvalue weighted by Crippen LogP contribution is -2.33. The zero-order valence-corrected chi connectivity index (χ0v) is 9.42. The van der Waals surface area contributed by atoms with Crippen molar-refractivity contribution in [1.29, 1.82) is 0 Å². The predicted octanol–water partition coefficient (Wildman–Crippen LogP) is 1.84. The summed E-state index contributed by atoms with van der Waals surface area (Å²) in [5.41, 5.74) is 2.70. The molecule has 0 bridgehead atoms. The fourth-order valence-corrected chi connectivity index (χ4v) is 2.03. The van der Waals surface area contributed by atoms with Crippen LogP contribution >= 0.6 is 0 Å². The third-order valence-corrected chi connectivity index (χ3v) is 3.00. The topological polar surface area (TPSA) is 24.1 Å². The molecule has 82 valence electrons. The highest BCUT2D eigenvalue weighted by molar-refractivity contribution is 5.21. The molecule has 15 heavy (non-hydrogen) atoms. The van der Waals surface area contributed by atoms with Crippen LogP contribution in [0, 0.1) is 6.92 Å². The first-order valence-electron chi connectivity index (χ1n) is 5.84. The summed E-state index contributed by atoms with van der Waals surface area (Å²) in [6.45, 7) is 5.39. The third kappa shape index (κ3) is 3.33. The lowest BCUT2D eigenvalue weighted by molar-refractivity contribution is 0.536. The largest absolute Gasteiger partial charge is 0.313 e. The number of aryl methyl sites for hydroxylation is 1. The number of rotatable bonds is 4. The van der Waals surface area contributed by atoms with Gasteiger partial charge in [0.25, 0.3) is 0 Å². The Labute approximate surface area is 92.1 Å². The van der Waals surface area contributed by atoms with Crippen molar-refractivity contribution in [3.8, 4) is 0 Å². The Morgan fingerprint density at radius 3 is 2.80 bits per heavy atom. The molecule has 1 fully saturated rings. The van der Waals surface area contributed by atoms with E-state index in [1.54, 1.807) is 0 Å². The Hall–Kier alpha value is -0.860. The van der Waals surface area contributed by atoms with E-state index in [0.29, 0.717) is 6.04 Å². The summed E-state index contributed by atoms with van der Waals surface area (Å²) in [5.74, 6) is 0. The molecule has 2 nitrogen and oxygen atoms in total. The van der Waals surface area contributed by atoms with E-state index in [1.165, 1.54) is 30.5 Å². The summed E-state index contributed by atoms with van der Waals surface area (Å²) in [4.78, 5) is 0. The predicted molar refractivity (Wildman–Crippen MR) is 63.9 cm³/mol. The molecule has 0 radical (unpaired) electrons. The van der Waals surface area contributed by atoms with Gasteiger partial charge in [0.05, 0.1) is 0 Å². The van der Waals surface area contributed by atoms with Gasteiger partial charge in [-0.3, -0.25) is 0 Å². The van der Waals surface area contributed by atoms with Gasteiger partial charge in [0.15, 0.2) is 0 Å². The van der Waals surface area contributed by atoms with E-state index in [1.807, 2.05) is 0 Å². The third-order valence-electron chi connectivity index (χ3n) is 3.00. The summed E-state index contributed by atoms with van der Waals surface area (Å²) in [7, 11) is 0. The average Bonchev–Trinajstić information content (AvgIpc) is 2.74. The van der Waals surface area contributed by atoms with Crippen LogP contribution in [0.4, 0.5) is 0 Å². The molecule has 0 aromatic heterocycles. The SMILES string of the molecule is Cc1ccc(CNC[C@H]2CCCN2)cc1. The monoisotopic (exact) mass is 204 g/mol. The van der Waals surface area contributed by atoms with Crippen LogP contribution in [0.3, 0.4) is 0 Å². The van der Waals surface area contributed by atoms with Gasteiger partial charge in [0, 0.05) is 19.1 Å². The quantitative estimate of drug-likeness (QED) is 0.782. The highest BCUT2D eigenvalue weighted by Crippen LogP contribution is 2.05. The molecule has 0 spiro atoms. The van der Waals surface area contributed by atoms with Gasteiger partial charge in [-0.2, -0.15) is 0 Å². The van der Waals surface area contributed by atoms with Gasteiger partial charge in [-0.05, 0) is 31.9 Å². The van der Waals surface area contributed by atoms with E-state index in [2.05, 4.69) is 41.8 Å². The Bertz CT molecular complexity index is 286. The van der Waals surface area contributed by atoms with Crippen molar-refractivity contribution in [1.82, 2.24) is 10.6 Å². The second-order valence-electron chi connectivity index (χ2n) is 4.41. The Kier molecular flexibility index (Phi) is 3.75. The molecule has 1 aliphatic rings. The molecule has 0 unspecified atom stereocenters. The minimum absolute atomic E-state index is 0.690. The van der Waals surface area contributed by atoms with Gasteiger partial charge >= 0.3 is 0 Å². The van der Waals surface area contributed by atoms with Gasteiger partial charge in [-0.25, -0.2) is 0 Å². The first-order chi connectivity index (χ1) is 7.34. The summed E-state index contributed by atoms with van der Waals surface area (Å²) in [5, 5.41) is 6.99. The number of nitrogens with one attached hydrogen (secondary N) is 2. The molecule has 1 atom stereocenters. The highest BCUT2D eigenvalue weighted by atomic mass is 15.0. The molecule has 1 aromatic carbocycles. The highest BCUT2D eigenvalue weighted by Gasteiger charge is 2.12. The molecule has 2 N–H and O–H groups in total. The molecule has 2 heteroatoms. The molecule has 0 saturated carbocycles. The molecular formula is C13H20N2. The normalized spacial score (nSPS) is 20.7. The average molecular weight is 204 g/mol. The van der Waals surface area contributed by atoms with Crippen LogP contribution in [-0.2, 0) is 6.54 Å². The van der Waals surface area contributed by atoms with Crippen LogP contribution in [0.5, 0.6) is 0 Å². The van der Waals surface area contributed by atoms with Crippen molar-refractivity contribution >= 4 is 0 Å². The van der Waals surface area contributed by atoms with E-state index >= 15 is 0 Å². The summed E-state index contributed by atoms with van der Waals surface area (Å²) in [6, 6.07) is 9.43. The summed E-state index contributed by atoms with van der Waals surface area (Å²) >= 11 is 0. The maximum Gasteiger partial charge on any atom is 0.0206 e. The van der Waals surface area contributed by atoms with Crippen LogP contribution in [0.25, 0.3) is 0 Å². The molecule has 1 aliphatic heterocycles. The van der Waals surface area contributed by atoms with E-state index in [4.69, 9.17) is 0 Å². The molecule has 0 aliphatic carbocycles. The van der Waals surface area contributed by atoms with E-state index in [0.717, 1.165) is 13.1 Å². The second kappa shape index (κ2) is 5.29. The van der Waals surface area contributed by atoms with Crippen molar-refractivity contribution in [2.24, 2.45) is 0 Å². The zero-order valence-electron chi connectivity index (χ0n) is 9.42. The van der Waals surface area contributed by atoms with Crippen LogP contribution in [0.1, 0.15) is 24.0 Å². The van der Waals surface area contributed by atoms with Gasteiger partial charge in [-0.1, -0.05) is 29.8 Å². The van der Waals surface area contributed by atoms with Crippen molar-refractivity contribution in [3.05, 3.63) is 35.4 Å². The number of hydrogen-bond donors (Lipinski definition) is 2. The Morgan fingerprint density at radius 1 is 1.33 bits per heavy atom. The fourth-order valence-electron chi connectivity index (χ4n) is 2.03. The maximum absolute atomic E-state index is 3.50. The van der Waals surface area contributed by atoms with E-state index in [-0.39, 0.29) is 0 Å². The molecule has 1 aromatic rings. The van der Waals surface area contributed by atoms with Crippen LogP contribution in [0.15, 0.2) is 24.3 Å². The van der Waals surface area contributed by atoms with Crippen molar-refractivity contribution in [2.75, 3.05) is 13.1 Å². The minimum atomic E-state index is 0.690. The molecule has 2 rings (SSSR count). The van der Waals surface area contributed by atoms with E-state index < -0.39 is 0 Å². The first kappa shape index (κ1) is 10.7. The van der Waals surface area contributed by atoms with Crippen molar-refractivity contribution in [3.63, 3.8) is 0 Å². The van der Waals surface area contributed by atoms with Crippen LogP contribution < -0.4 is 10.6 Å². The maximum atomic E-state index is 3.50. The summed E-state index contributed by atoms with van der Waals surface area (Å²) in [6.07, 6.45) is 2.65. The molecule has 1 saturated heterocycles. The fraction of sp³-hybridized carbons (Fsp3) is 0.538. The number of benzene rings is 1.